The van der Waals surface area contributed by atoms with Gasteiger partial charge in [-0.25, -0.2) is 13.1 Å². The molecule has 0 bridgehead atoms. The summed E-state index contributed by atoms with van der Waals surface area (Å²) in [6.45, 7) is 2.24. The Morgan fingerprint density at radius 2 is 2.32 bits per heavy atom. The van der Waals surface area contributed by atoms with Gasteiger partial charge in [0.25, 0.3) is 0 Å². The van der Waals surface area contributed by atoms with Gasteiger partial charge in [-0.1, -0.05) is 0 Å². The summed E-state index contributed by atoms with van der Waals surface area (Å²) in [5.41, 5.74) is 6.09. The molecular formula is C12H19N3O3S. The summed E-state index contributed by atoms with van der Waals surface area (Å²) < 4.78 is 31.8. The number of nitrogens with one attached hydrogen (secondary N) is 1. The highest BCUT2D eigenvalue weighted by molar-refractivity contribution is 7.89. The third-order valence-electron chi connectivity index (χ3n) is 3.19. The lowest BCUT2D eigenvalue weighted by molar-refractivity contribution is 0.184. The van der Waals surface area contributed by atoms with Gasteiger partial charge in [0.15, 0.2) is 0 Å². The first-order valence-corrected chi connectivity index (χ1v) is 7.82. The highest BCUT2D eigenvalue weighted by Gasteiger charge is 2.18. The lowest BCUT2D eigenvalue weighted by Gasteiger charge is -2.09. The van der Waals surface area contributed by atoms with Crippen LogP contribution in [0.1, 0.15) is 18.5 Å². The number of hydrogen-bond donors (Lipinski definition) is 2. The molecule has 2 heterocycles. The molecule has 1 aromatic rings. The average Bonchev–Trinajstić information content (AvgIpc) is 2.92. The Kier molecular flexibility index (Phi) is 4.87. The van der Waals surface area contributed by atoms with E-state index in [0.717, 1.165) is 26.1 Å². The monoisotopic (exact) mass is 285 g/mol. The predicted octanol–water partition coefficient (Wildman–Crippen LogP) is 0.245. The van der Waals surface area contributed by atoms with Crippen molar-refractivity contribution in [1.29, 1.82) is 0 Å². The minimum atomic E-state index is -3.47. The number of rotatable bonds is 6. The Labute approximate surface area is 113 Å². The van der Waals surface area contributed by atoms with E-state index >= 15 is 0 Å². The van der Waals surface area contributed by atoms with Gasteiger partial charge in [0.2, 0.25) is 10.0 Å². The van der Waals surface area contributed by atoms with Crippen molar-refractivity contribution in [3.8, 4) is 0 Å². The number of ether oxygens (including phenoxy) is 1. The first-order chi connectivity index (χ1) is 9.12. The van der Waals surface area contributed by atoms with E-state index in [1.807, 2.05) is 0 Å². The van der Waals surface area contributed by atoms with Crippen LogP contribution in [0, 0.1) is 5.92 Å². The fraction of sp³-hybridized carbons (Fsp3) is 0.583. The second kappa shape index (κ2) is 6.42. The maximum atomic E-state index is 12.0. The number of sulfonamides is 1. The largest absolute Gasteiger partial charge is 0.381 e. The summed E-state index contributed by atoms with van der Waals surface area (Å²) in [4.78, 5) is 4.16. The van der Waals surface area contributed by atoms with Crippen molar-refractivity contribution in [2.75, 3.05) is 19.8 Å². The minimum absolute atomic E-state index is 0.173. The Bertz CT molecular complexity index is 495. The third-order valence-corrected chi connectivity index (χ3v) is 4.63. The second-order valence-corrected chi connectivity index (χ2v) is 6.37. The van der Waals surface area contributed by atoms with Crippen molar-refractivity contribution in [2.24, 2.45) is 11.7 Å². The number of nitrogens with two attached hydrogens (primary N) is 1. The van der Waals surface area contributed by atoms with Crippen LogP contribution in [0.4, 0.5) is 0 Å². The number of pyridine rings is 1. The zero-order chi connectivity index (χ0) is 13.7. The van der Waals surface area contributed by atoms with Gasteiger partial charge in [-0.2, -0.15) is 0 Å². The maximum Gasteiger partial charge on any atom is 0.242 e. The van der Waals surface area contributed by atoms with Crippen LogP contribution in [0.15, 0.2) is 23.2 Å². The SMILES string of the molecule is NCc1ccc(S(=O)(=O)NCCC2CCOC2)cn1. The number of hydrogen-bond acceptors (Lipinski definition) is 5. The summed E-state index contributed by atoms with van der Waals surface area (Å²) in [7, 11) is -3.47. The van der Waals surface area contributed by atoms with Crippen molar-refractivity contribution in [2.45, 2.75) is 24.3 Å². The van der Waals surface area contributed by atoms with Gasteiger partial charge >= 0.3 is 0 Å². The van der Waals surface area contributed by atoms with E-state index in [1.165, 1.54) is 12.3 Å². The van der Waals surface area contributed by atoms with Gasteiger partial charge in [0.1, 0.15) is 4.90 Å². The van der Waals surface area contributed by atoms with Crippen LogP contribution in [-0.4, -0.2) is 33.2 Å². The van der Waals surface area contributed by atoms with Crippen molar-refractivity contribution in [3.05, 3.63) is 24.0 Å². The average molecular weight is 285 g/mol. The van der Waals surface area contributed by atoms with E-state index in [-0.39, 0.29) is 4.90 Å². The van der Waals surface area contributed by atoms with E-state index in [4.69, 9.17) is 10.5 Å². The molecule has 1 aliphatic heterocycles. The number of nitrogens with zero attached hydrogens (tertiary/aromatic N) is 1. The fourth-order valence-corrected chi connectivity index (χ4v) is 2.97. The molecule has 19 heavy (non-hydrogen) atoms. The van der Waals surface area contributed by atoms with Gasteiger partial charge in [-0.15, -0.1) is 0 Å². The molecule has 3 N–H and O–H groups in total. The van der Waals surface area contributed by atoms with Crippen LogP contribution >= 0.6 is 0 Å². The quantitative estimate of drug-likeness (QED) is 0.781. The van der Waals surface area contributed by atoms with Crippen molar-refractivity contribution in [1.82, 2.24) is 9.71 Å². The molecule has 0 radical (unpaired) electrons. The molecule has 2 rings (SSSR count). The van der Waals surface area contributed by atoms with Crippen LogP contribution in [0.3, 0.4) is 0 Å². The molecule has 7 heteroatoms. The predicted molar refractivity (Wildman–Crippen MR) is 70.9 cm³/mol. The van der Waals surface area contributed by atoms with Crippen LogP contribution in [-0.2, 0) is 21.3 Å². The normalized spacial score (nSPS) is 19.7. The van der Waals surface area contributed by atoms with Crippen molar-refractivity contribution in [3.63, 3.8) is 0 Å². The summed E-state index contributed by atoms with van der Waals surface area (Å²) >= 11 is 0. The van der Waals surface area contributed by atoms with Crippen LogP contribution in [0.2, 0.25) is 0 Å². The first-order valence-electron chi connectivity index (χ1n) is 6.34. The summed E-state index contributed by atoms with van der Waals surface area (Å²) in [5.74, 6) is 0.459. The molecule has 0 aliphatic carbocycles. The molecule has 0 saturated carbocycles. The fourth-order valence-electron chi connectivity index (χ4n) is 1.98. The van der Waals surface area contributed by atoms with Gasteiger partial charge in [0.05, 0.1) is 5.69 Å². The van der Waals surface area contributed by atoms with Crippen LogP contribution in [0.25, 0.3) is 0 Å². The molecule has 1 atom stereocenters. The zero-order valence-corrected chi connectivity index (χ0v) is 11.5. The molecule has 1 fully saturated rings. The van der Waals surface area contributed by atoms with Gasteiger partial charge < -0.3 is 10.5 Å². The van der Waals surface area contributed by atoms with Crippen molar-refractivity contribution >= 4 is 10.0 Å². The molecule has 6 nitrogen and oxygen atoms in total. The molecule has 1 aromatic heterocycles. The molecule has 0 spiro atoms. The van der Waals surface area contributed by atoms with E-state index in [0.29, 0.717) is 24.7 Å². The molecule has 1 aliphatic rings. The van der Waals surface area contributed by atoms with Crippen LogP contribution < -0.4 is 10.5 Å². The van der Waals surface area contributed by atoms with Gasteiger partial charge in [-0.05, 0) is 30.9 Å². The number of aromatic nitrogens is 1. The standard InChI is InChI=1S/C12H19N3O3S/c13-7-11-1-2-12(8-14-11)19(16,17)15-5-3-10-4-6-18-9-10/h1-2,8,10,15H,3-7,9,13H2. The molecule has 0 amide bonds. The minimum Gasteiger partial charge on any atom is -0.381 e. The van der Waals surface area contributed by atoms with E-state index in [1.54, 1.807) is 6.07 Å². The Hall–Kier alpha value is -1.02. The molecule has 1 unspecified atom stereocenters. The highest BCUT2D eigenvalue weighted by Crippen LogP contribution is 2.16. The lowest BCUT2D eigenvalue weighted by atomic mass is 10.1. The maximum absolute atomic E-state index is 12.0. The van der Waals surface area contributed by atoms with Gasteiger partial charge in [-0.3, -0.25) is 4.98 Å². The second-order valence-electron chi connectivity index (χ2n) is 4.61. The molecule has 106 valence electrons. The Morgan fingerprint density at radius 1 is 1.47 bits per heavy atom. The Balaban J connectivity index is 1.89. The zero-order valence-electron chi connectivity index (χ0n) is 10.7. The third kappa shape index (κ3) is 3.97. The lowest BCUT2D eigenvalue weighted by Crippen LogP contribution is -2.26. The van der Waals surface area contributed by atoms with E-state index in [2.05, 4.69) is 9.71 Å². The summed E-state index contributed by atoms with van der Waals surface area (Å²) in [6.07, 6.45) is 3.14. The first kappa shape index (κ1) is 14.4. The van der Waals surface area contributed by atoms with Gasteiger partial charge in [0, 0.05) is 32.5 Å². The van der Waals surface area contributed by atoms with E-state index in [9.17, 15) is 8.42 Å². The van der Waals surface area contributed by atoms with Crippen molar-refractivity contribution < 1.29 is 13.2 Å². The summed E-state index contributed by atoms with van der Waals surface area (Å²) in [6, 6.07) is 3.15. The topological polar surface area (TPSA) is 94.3 Å². The summed E-state index contributed by atoms with van der Waals surface area (Å²) in [5, 5.41) is 0. The molecule has 1 saturated heterocycles. The highest BCUT2D eigenvalue weighted by atomic mass is 32.2. The van der Waals surface area contributed by atoms with E-state index < -0.39 is 10.0 Å². The Morgan fingerprint density at radius 3 is 2.89 bits per heavy atom. The molecule has 0 aromatic carbocycles. The van der Waals surface area contributed by atoms with Crippen LogP contribution in [0.5, 0.6) is 0 Å². The molecular weight excluding hydrogens is 266 g/mol. The smallest absolute Gasteiger partial charge is 0.242 e.